The van der Waals surface area contributed by atoms with E-state index in [1.54, 1.807) is 0 Å². The third-order valence-electron chi connectivity index (χ3n) is 3.07. The summed E-state index contributed by atoms with van der Waals surface area (Å²) in [6.45, 7) is 3.80. The molecule has 4 nitrogen and oxygen atoms in total. The Morgan fingerprint density at radius 1 is 1.42 bits per heavy atom. The highest BCUT2D eigenvalue weighted by Gasteiger charge is 2.22. The summed E-state index contributed by atoms with van der Waals surface area (Å²) in [6.07, 6.45) is 1.06. The topological polar surface area (TPSA) is 61.4 Å². The molecule has 0 aromatic heterocycles. The molecule has 0 saturated carbocycles. The molecule has 0 aliphatic rings. The minimum atomic E-state index is -0.928. The molecule has 1 rings (SSSR count). The molecule has 0 heterocycles. The highest BCUT2D eigenvalue weighted by molar-refractivity contribution is 6.33. The lowest BCUT2D eigenvalue weighted by molar-refractivity contribution is 0.0354. The number of amides is 2. The zero-order valence-corrected chi connectivity index (χ0v) is 11.7. The van der Waals surface area contributed by atoms with Crippen molar-refractivity contribution in [3.05, 3.63) is 29.0 Å². The summed E-state index contributed by atoms with van der Waals surface area (Å²) in [5.41, 5.74) is -0.737. The third kappa shape index (κ3) is 4.69. The second-order valence-corrected chi connectivity index (χ2v) is 4.77. The Labute approximate surface area is 117 Å². The number of hydrogen-bond donors (Lipinski definition) is 3. The number of nitrogens with one attached hydrogen (secondary N) is 2. The molecular weight excluding hydrogens is 271 g/mol. The van der Waals surface area contributed by atoms with E-state index in [0.29, 0.717) is 12.8 Å². The number of urea groups is 1. The number of halogens is 2. The SMILES string of the molecule is CCC(O)(CC)CNC(=O)Nc1cc(F)ccc1Cl. The third-order valence-corrected chi connectivity index (χ3v) is 3.40. The predicted molar refractivity (Wildman–Crippen MR) is 74.0 cm³/mol. The van der Waals surface area contributed by atoms with Crippen LogP contribution >= 0.6 is 11.6 Å². The summed E-state index contributed by atoms with van der Waals surface area (Å²) in [7, 11) is 0. The molecule has 0 aliphatic carbocycles. The molecule has 1 aromatic carbocycles. The average molecular weight is 289 g/mol. The molecule has 0 bridgehead atoms. The second kappa shape index (κ2) is 6.73. The number of carbonyl (C=O) groups is 1. The van der Waals surface area contributed by atoms with E-state index < -0.39 is 17.4 Å². The molecule has 0 atom stereocenters. The van der Waals surface area contributed by atoms with Crippen LogP contribution in [0.5, 0.6) is 0 Å². The Bertz CT molecular complexity index is 450. The van der Waals surface area contributed by atoms with E-state index in [-0.39, 0.29) is 17.3 Å². The van der Waals surface area contributed by atoms with Crippen LogP contribution in [0.3, 0.4) is 0 Å². The Kier molecular flexibility index (Phi) is 5.57. The zero-order valence-electron chi connectivity index (χ0n) is 11.0. The number of hydrogen-bond acceptors (Lipinski definition) is 2. The maximum Gasteiger partial charge on any atom is 0.319 e. The summed E-state index contributed by atoms with van der Waals surface area (Å²) in [5.74, 6) is -0.488. The molecule has 6 heteroatoms. The average Bonchev–Trinajstić information content (AvgIpc) is 2.40. The minimum absolute atomic E-state index is 0.124. The van der Waals surface area contributed by atoms with Crippen molar-refractivity contribution in [3.8, 4) is 0 Å². The van der Waals surface area contributed by atoms with E-state index in [1.807, 2.05) is 13.8 Å². The van der Waals surface area contributed by atoms with Gasteiger partial charge in [0.2, 0.25) is 0 Å². The highest BCUT2D eigenvalue weighted by atomic mass is 35.5. The van der Waals surface area contributed by atoms with Crippen LogP contribution in [0.25, 0.3) is 0 Å². The van der Waals surface area contributed by atoms with Crippen LogP contribution in [0.4, 0.5) is 14.9 Å². The largest absolute Gasteiger partial charge is 0.388 e. The van der Waals surface area contributed by atoms with Gasteiger partial charge >= 0.3 is 6.03 Å². The van der Waals surface area contributed by atoms with E-state index >= 15 is 0 Å². The quantitative estimate of drug-likeness (QED) is 0.779. The lowest BCUT2D eigenvalue weighted by Crippen LogP contribution is -2.43. The number of benzene rings is 1. The van der Waals surface area contributed by atoms with Crippen LogP contribution in [0.15, 0.2) is 18.2 Å². The summed E-state index contributed by atoms with van der Waals surface area (Å²) >= 11 is 5.83. The Morgan fingerprint density at radius 2 is 2.05 bits per heavy atom. The van der Waals surface area contributed by atoms with Crippen molar-refractivity contribution < 1.29 is 14.3 Å². The standard InChI is InChI=1S/C13H18ClFN2O2/c1-3-13(19,4-2)8-16-12(18)17-11-7-9(15)5-6-10(11)14/h5-7,19H,3-4,8H2,1-2H3,(H2,16,17,18). The molecule has 2 amide bonds. The van der Waals surface area contributed by atoms with Gasteiger partial charge in [0.05, 0.1) is 16.3 Å². The molecule has 0 radical (unpaired) electrons. The van der Waals surface area contributed by atoms with Gasteiger partial charge in [-0.3, -0.25) is 0 Å². The summed E-state index contributed by atoms with van der Waals surface area (Å²) in [5, 5.41) is 15.2. The number of rotatable bonds is 5. The Balaban J connectivity index is 2.58. The van der Waals surface area contributed by atoms with Crippen LogP contribution in [0.1, 0.15) is 26.7 Å². The molecule has 0 unspecified atom stereocenters. The Hall–Kier alpha value is -1.33. The van der Waals surface area contributed by atoms with E-state index in [4.69, 9.17) is 11.6 Å². The lowest BCUT2D eigenvalue weighted by Gasteiger charge is -2.25. The fourth-order valence-electron chi connectivity index (χ4n) is 1.50. The minimum Gasteiger partial charge on any atom is -0.388 e. The fourth-order valence-corrected chi connectivity index (χ4v) is 1.67. The van der Waals surface area contributed by atoms with Crippen molar-refractivity contribution >= 4 is 23.3 Å². The van der Waals surface area contributed by atoms with Crippen LogP contribution in [-0.2, 0) is 0 Å². The lowest BCUT2D eigenvalue weighted by atomic mass is 9.98. The Morgan fingerprint density at radius 3 is 2.63 bits per heavy atom. The van der Waals surface area contributed by atoms with Crippen molar-refractivity contribution in [3.63, 3.8) is 0 Å². The van der Waals surface area contributed by atoms with Crippen LogP contribution in [0, 0.1) is 5.82 Å². The van der Waals surface area contributed by atoms with E-state index in [1.165, 1.54) is 12.1 Å². The molecule has 19 heavy (non-hydrogen) atoms. The number of carbonyl (C=O) groups excluding carboxylic acids is 1. The maximum atomic E-state index is 13.0. The van der Waals surface area contributed by atoms with Crippen LogP contribution in [-0.4, -0.2) is 23.3 Å². The molecule has 0 spiro atoms. The first-order valence-corrected chi connectivity index (χ1v) is 6.50. The van der Waals surface area contributed by atoms with Crippen molar-refractivity contribution in [2.45, 2.75) is 32.3 Å². The first-order chi connectivity index (χ1) is 8.90. The van der Waals surface area contributed by atoms with Gasteiger partial charge in [-0.15, -0.1) is 0 Å². The fraction of sp³-hybridized carbons (Fsp3) is 0.462. The van der Waals surface area contributed by atoms with Crippen molar-refractivity contribution in [2.24, 2.45) is 0 Å². The van der Waals surface area contributed by atoms with Gasteiger partial charge in [-0.1, -0.05) is 25.4 Å². The van der Waals surface area contributed by atoms with Gasteiger partial charge in [-0.05, 0) is 31.0 Å². The van der Waals surface area contributed by atoms with Gasteiger partial charge in [0.15, 0.2) is 0 Å². The van der Waals surface area contributed by atoms with Gasteiger partial charge in [0, 0.05) is 6.54 Å². The van der Waals surface area contributed by atoms with E-state index in [2.05, 4.69) is 10.6 Å². The molecule has 106 valence electrons. The monoisotopic (exact) mass is 288 g/mol. The molecule has 1 aromatic rings. The molecule has 0 fully saturated rings. The van der Waals surface area contributed by atoms with Gasteiger partial charge in [-0.2, -0.15) is 0 Å². The van der Waals surface area contributed by atoms with Gasteiger partial charge < -0.3 is 15.7 Å². The smallest absolute Gasteiger partial charge is 0.319 e. The van der Waals surface area contributed by atoms with Gasteiger partial charge in [0.25, 0.3) is 0 Å². The van der Waals surface area contributed by atoms with Crippen molar-refractivity contribution in [1.82, 2.24) is 5.32 Å². The van der Waals surface area contributed by atoms with E-state index in [9.17, 15) is 14.3 Å². The van der Waals surface area contributed by atoms with Crippen molar-refractivity contribution in [2.75, 3.05) is 11.9 Å². The number of anilines is 1. The summed E-state index contributed by atoms with van der Waals surface area (Å²) in [6, 6.07) is 3.17. The highest BCUT2D eigenvalue weighted by Crippen LogP contribution is 2.22. The zero-order chi connectivity index (χ0) is 14.5. The van der Waals surface area contributed by atoms with Gasteiger partial charge in [-0.25, -0.2) is 9.18 Å². The first kappa shape index (κ1) is 15.7. The first-order valence-electron chi connectivity index (χ1n) is 6.12. The predicted octanol–water partition coefficient (Wildman–Crippen LogP) is 3.15. The molecule has 3 N–H and O–H groups in total. The summed E-state index contributed by atoms with van der Waals surface area (Å²) < 4.78 is 13.0. The van der Waals surface area contributed by atoms with E-state index in [0.717, 1.165) is 6.07 Å². The maximum absolute atomic E-state index is 13.0. The molecule has 0 saturated heterocycles. The molecular formula is C13H18ClFN2O2. The van der Waals surface area contributed by atoms with Crippen LogP contribution in [0.2, 0.25) is 5.02 Å². The second-order valence-electron chi connectivity index (χ2n) is 4.36. The van der Waals surface area contributed by atoms with Crippen LogP contribution < -0.4 is 10.6 Å². The molecule has 0 aliphatic heterocycles. The summed E-state index contributed by atoms with van der Waals surface area (Å²) in [4.78, 5) is 11.6. The van der Waals surface area contributed by atoms with Gasteiger partial charge in [0.1, 0.15) is 5.82 Å². The van der Waals surface area contributed by atoms with Crippen molar-refractivity contribution in [1.29, 1.82) is 0 Å². The normalized spacial score (nSPS) is 11.2. The number of aliphatic hydroxyl groups is 1.